The molecule has 2 bridgehead atoms. The zero-order valence-electron chi connectivity index (χ0n) is 7.90. The molecular weight excluding hydrogens is 180 g/mol. The predicted molar refractivity (Wildman–Crippen MR) is 47.4 cm³/mol. The first-order valence-electron chi connectivity index (χ1n) is 5.38. The summed E-state index contributed by atoms with van der Waals surface area (Å²) in [6.45, 7) is 0.827. The Morgan fingerprint density at radius 1 is 1.21 bits per heavy atom. The molecule has 0 radical (unpaired) electrons. The molecule has 14 heavy (non-hydrogen) atoms. The number of carbonyl (C=O) groups excluding carboxylic acids is 2. The fraction of sp³-hybridized carbons (Fsp3) is 0.800. The molecule has 2 aliphatic carbocycles. The van der Waals surface area contributed by atoms with Gasteiger partial charge in [0.15, 0.2) is 0 Å². The van der Waals surface area contributed by atoms with Crippen LogP contribution in [0.15, 0.2) is 0 Å². The molecular formula is C10H12N2O2. The van der Waals surface area contributed by atoms with Crippen LogP contribution >= 0.6 is 0 Å². The third-order valence-electron chi connectivity index (χ3n) is 4.18. The van der Waals surface area contributed by atoms with E-state index in [9.17, 15) is 9.59 Å². The smallest absolute Gasteiger partial charge is 0.309 e. The van der Waals surface area contributed by atoms with Crippen molar-refractivity contribution in [2.45, 2.75) is 37.3 Å². The molecule has 0 atom stereocenters. The van der Waals surface area contributed by atoms with Gasteiger partial charge in [-0.05, 0) is 31.6 Å². The molecule has 0 unspecified atom stereocenters. The molecule has 5 fully saturated rings. The quantitative estimate of drug-likeness (QED) is 0.570. The first kappa shape index (κ1) is 7.26. The minimum absolute atomic E-state index is 0.00231. The molecule has 3 heterocycles. The summed E-state index contributed by atoms with van der Waals surface area (Å²) in [5.41, 5.74) is -0.357. The van der Waals surface area contributed by atoms with Gasteiger partial charge in [0.2, 0.25) is 0 Å². The van der Waals surface area contributed by atoms with Gasteiger partial charge in [0.25, 0.3) is 5.91 Å². The van der Waals surface area contributed by atoms with Crippen molar-refractivity contribution in [2.24, 2.45) is 5.92 Å². The SMILES string of the molecule is O=C1N(C2CC2)C(=O)C23CC(CN12)C3. The third-order valence-corrected chi connectivity index (χ3v) is 4.18. The lowest BCUT2D eigenvalue weighted by atomic mass is 9.73. The van der Waals surface area contributed by atoms with E-state index < -0.39 is 0 Å². The molecule has 3 saturated heterocycles. The highest BCUT2D eigenvalue weighted by atomic mass is 16.2. The zero-order valence-corrected chi connectivity index (χ0v) is 7.90. The Kier molecular flexibility index (Phi) is 0.949. The lowest BCUT2D eigenvalue weighted by Gasteiger charge is -2.34. The Morgan fingerprint density at radius 2 is 1.93 bits per heavy atom. The monoisotopic (exact) mass is 192 g/mol. The van der Waals surface area contributed by atoms with E-state index in [2.05, 4.69) is 0 Å². The van der Waals surface area contributed by atoms with Crippen molar-refractivity contribution in [1.82, 2.24) is 9.80 Å². The second-order valence-electron chi connectivity index (χ2n) is 5.11. The highest BCUT2D eigenvalue weighted by Crippen LogP contribution is 2.56. The van der Waals surface area contributed by atoms with Crippen LogP contribution in [0.4, 0.5) is 4.79 Å². The summed E-state index contributed by atoms with van der Waals surface area (Å²) in [4.78, 5) is 27.4. The molecule has 3 amide bonds. The minimum Gasteiger partial charge on any atom is -0.309 e. The number of imide groups is 1. The Morgan fingerprint density at radius 3 is 2.50 bits per heavy atom. The van der Waals surface area contributed by atoms with Gasteiger partial charge in [-0.15, -0.1) is 0 Å². The number of nitrogens with zero attached hydrogens (tertiary/aromatic N) is 2. The van der Waals surface area contributed by atoms with Crippen LogP contribution in [0.3, 0.4) is 0 Å². The van der Waals surface area contributed by atoms with Gasteiger partial charge in [-0.2, -0.15) is 0 Å². The fourth-order valence-electron chi connectivity index (χ4n) is 3.32. The number of hydrogen-bond donors (Lipinski definition) is 0. The Balaban J connectivity index is 1.79. The molecule has 4 heteroatoms. The average Bonchev–Trinajstić information content (AvgIpc) is 2.70. The van der Waals surface area contributed by atoms with E-state index in [1.165, 1.54) is 4.90 Å². The summed E-state index contributed by atoms with van der Waals surface area (Å²) in [5, 5.41) is 0. The van der Waals surface area contributed by atoms with Gasteiger partial charge in [0.05, 0.1) is 0 Å². The summed E-state index contributed by atoms with van der Waals surface area (Å²) < 4.78 is 0. The summed E-state index contributed by atoms with van der Waals surface area (Å²) in [6, 6.07) is 0.242. The van der Waals surface area contributed by atoms with Crippen molar-refractivity contribution < 1.29 is 9.59 Å². The lowest BCUT2D eigenvalue weighted by Crippen LogP contribution is -2.49. The van der Waals surface area contributed by atoms with E-state index >= 15 is 0 Å². The first-order chi connectivity index (χ1) is 6.72. The maximum absolute atomic E-state index is 12.1. The lowest BCUT2D eigenvalue weighted by molar-refractivity contribution is -0.135. The predicted octanol–water partition coefficient (Wildman–Crippen LogP) is 0.575. The highest BCUT2D eigenvalue weighted by Gasteiger charge is 2.70. The fourth-order valence-corrected chi connectivity index (χ4v) is 3.32. The number of amides is 3. The van der Waals surface area contributed by atoms with Gasteiger partial charge in [-0.25, -0.2) is 4.79 Å². The van der Waals surface area contributed by atoms with E-state index in [0.717, 1.165) is 32.2 Å². The molecule has 2 saturated carbocycles. The molecule has 0 aromatic rings. The van der Waals surface area contributed by atoms with Crippen molar-refractivity contribution in [2.75, 3.05) is 6.54 Å². The maximum Gasteiger partial charge on any atom is 0.327 e. The number of urea groups is 1. The van der Waals surface area contributed by atoms with Crippen molar-refractivity contribution in [1.29, 1.82) is 0 Å². The molecule has 0 aromatic carbocycles. The maximum atomic E-state index is 12.1. The topological polar surface area (TPSA) is 40.6 Å². The molecule has 5 aliphatic rings. The van der Waals surface area contributed by atoms with E-state index in [-0.39, 0.29) is 23.5 Å². The Hall–Kier alpha value is -1.06. The van der Waals surface area contributed by atoms with Crippen LogP contribution in [0.1, 0.15) is 25.7 Å². The van der Waals surface area contributed by atoms with Gasteiger partial charge in [0.1, 0.15) is 5.54 Å². The standard InChI is InChI=1S/C10H12N2O2/c13-8-10-3-6(4-10)5-11(10)9(14)12(8)7-1-2-7/h6-7H,1-5H2. The van der Waals surface area contributed by atoms with Gasteiger partial charge < -0.3 is 4.90 Å². The Bertz CT molecular complexity index is 352. The van der Waals surface area contributed by atoms with Crippen molar-refractivity contribution in [3.8, 4) is 0 Å². The molecule has 74 valence electrons. The van der Waals surface area contributed by atoms with E-state index in [1.54, 1.807) is 0 Å². The highest BCUT2D eigenvalue weighted by molar-refractivity contribution is 6.09. The summed E-state index contributed by atoms with van der Waals surface area (Å²) in [5.74, 6) is 0.725. The van der Waals surface area contributed by atoms with Crippen LogP contribution in [0.5, 0.6) is 0 Å². The van der Waals surface area contributed by atoms with Crippen LogP contribution in [0.2, 0.25) is 0 Å². The van der Waals surface area contributed by atoms with Crippen LogP contribution < -0.4 is 0 Å². The molecule has 3 aliphatic heterocycles. The Labute approximate surface area is 81.8 Å². The normalized spacial score (nSPS) is 44.4. The van der Waals surface area contributed by atoms with Crippen LogP contribution in [-0.4, -0.2) is 39.9 Å². The van der Waals surface area contributed by atoms with E-state index in [0.29, 0.717) is 5.92 Å². The van der Waals surface area contributed by atoms with Gasteiger partial charge in [-0.1, -0.05) is 0 Å². The van der Waals surface area contributed by atoms with Crippen molar-refractivity contribution in [3.63, 3.8) is 0 Å². The minimum atomic E-state index is -0.357. The number of rotatable bonds is 1. The molecule has 0 N–H and O–H groups in total. The van der Waals surface area contributed by atoms with Gasteiger partial charge in [-0.3, -0.25) is 9.69 Å². The molecule has 0 aromatic heterocycles. The summed E-state index contributed by atoms with van der Waals surface area (Å²) in [6.07, 6.45) is 3.90. The third kappa shape index (κ3) is 0.560. The second kappa shape index (κ2) is 1.83. The second-order valence-corrected chi connectivity index (χ2v) is 5.11. The molecule has 5 rings (SSSR count). The first-order valence-corrected chi connectivity index (χ1v) is 5.38. The average molecular weight is 192 g/mol. The van der Waals surface area contributed by atoms with E-state index in [1.807, 2.05) is 4.90 Å². The van der Waals surface area contributed by atoms with Crippen LogP contribution in [0.25, 0.3) is 0 Å². The molecule has 4 nitrogen and oxygen atoms in total. The van der Waals surface area contributed by atoms with Crippen molar-refractivity contribution >= 4 is 11.9 Å². The summed E-state index contributed by atoms with van der Waals surface area (Å²) in [7, 11) is 0. The zero-order chi connectivity index (χ0) is 9.50. The number of carbonyl (C=O) groups is 2. The number of hydrogen-bond acceptors (Lipinski definition) is 2. The molecule has 1 spiro atoms. The van der Waals surface area contributed by atoms with Crippen molar-refractivity contribution in [3.05, 3.63) is 0 Å². The largest absolute Gasteiger partial charge is 0.327 e. The van der Waals surface area contributed by atoms with Gasteiger partial charge in [0, 0.05) is 12.6 Å². The van der Waals surface area contributed by atoms with E-state index in [4.69, 9.17) is 0 Å². The van der Waals surface area contributed by atoms with Gasteiger partial charge >= 0.3 is 6.03 Å². The summed E-state index contributed by atoms with van der Waals surface area (Å²) >= 11 is 0. The van der Waals surface area contributed by atoms with Crippen LogP contribution in [0, 0.1) is 5.92 Å². The van der Waals surface area contributed by atoms with Crippen LogP contribution in [-0.2, 0) is 4.79 Å².